The zero-order valence-corrected chi connectivity index (χ0v) is 20.3. The molecule has 4 aromatic rings. The van der Waals surface area contributed by atoms with Crippen LogP contribution in [0.5, 0.6) is 0 Å². The maximum absolute atomic E-state index is 13.6. The molecule has 0 aliphatic heterocycles. The summed E-state index contributed by atoms with van der Waals surface area (Å²) >= 11 is 7.22. The van der Waals surface area contributed by atoms with Crippen molar-refractivity contribution in [1.82, 2.24) is 13.9 Å². The van der Waals surface area contributed by atoms with Crippen LogP contribution in [0.25, 0.3) is 27.0 Å². The normalized spacial score (nSPS) is 11.3. The Morgan fingerprint density at radius 1 is 1.03 bits per heavy atom. The lowest BCUT2D eigenvalue weighted by Crippen LogP contribution is -2.38. The SMILES string of the molecule is CCCN(CCC)C(=O)Cn1c(=O)c2ccccc2n2c(=S)sc(-c3ccc(C)cc3)c12. The maximum atomic E-state index is 13.6. The Labute approximate surface area is 196 Å². The van der Waals surface area contributed by atoms with Crippen LogP contribution >= 0.6 is 23.6 Å². The number of para-hydroxylation sites is 1. The summed E-state index contributed by atoms with van der Waals surface area (Å²) in [5.74, 6) is -0.0417. The van der Waals surface area contributed by atoms with Crippen LogP contribution in [-0.4, -0.2) is 32.9 Å². The van der Waals surface area contributed by atoms with Crippen molar-refractivity contribution in [2.45, 2.75) is 40.2 Å². The number of thiazole rings is 1. The minimum absolute atomic E-state index is 0.00244. The minimum atomic E-state index is -0.164. The van der Waals surface area contributed by atoms with Gasteiger partial charge in [0, 0.05) is 13.1 Å². The third-order valence-corrected chi connectivity index (χ3v) is 7.02. The van der Waals surface area contributed by atoms with E-state index in [-0.39, 0.29) is 18.0 Å². The second kappa shape index (κ2) is 9.38. The molecule has 0 aliphatic carbocycles. The molecule has 2 heterocycles. The van der Waals surface area contributed by atoms with Gasteiger partial charge in [-0.25, -0.2) is 0 Å². The second-order valence-corrected chi connectivity index (χ2v) is 9.66. The molecule has 0 radical (unpaired) electrons. The van der Waals surface area contributed by atoms with E-state index in [2.05, 4.69) is 13.8 Å². The number of hydrogen-bond acceptors (Lipinski definition) is 4. The Hall–Kier alpha value is -2.77. The number of carbonyl (C=O) groups is 1. The summed E-state index contributed by atoms with van der Waals surface area (Å²) in [6.07, 6.45) is 1.76. The first-order valence-corrected chi connectivity index (χ1v) is 12.2. The molecule has 4 rings (SSSR count). The number of aromatic nitrogens is 2. The van der Waals surface area contributed by atoms with Crippen molar-refractivity contribution < 1.29 is 4.79 Å². The molecule has 166 valence electrons. The molecular weight excluding hydrogens is 438 g/mol. The largest absolute Gasteiger partial charge is 0.341 e. The molecule has 7 heteroatoms. The van der Waals surface area contributed by atoms with Gasteiger partial charge >= 0.3 is 0 Å². The third kappa shape index (κ3) is 4.02. The molecule has 0 fully saturated rings. The fourth-order valence-corrected chi connectivity index (χ4v) is 5.52. The van der Waals surface area contributed by atoms with Gasteiger partial charge in [-0.3, -0.25) is 18.6 Å². The molecule has 0 bridgehead atoms. The van der Waals surface area contributed by atoms with Gasteiger partial charge in [-0.2, -0.15) is 0 Å². The van der Waals surface area contributed by atoms with Gasteiger partial charge in [0.05, 0.1) is 15.8 Å². The number of aryl methyl sites for hydroxylation is 1. The molecule has 0 atom stereocenters. The van der Waals surface area contributed by atoms with Gasteiger partial charge < -0.3 is 4.90 Å². The zero-order chi connectivity index (χ0) is 22.8. The molecular formula is C25H27N3O2S2. The van der Waals surface area contributed by atoms with E-state index < -0.39 is 0 Å². The Morgan fingerprint density at radius 3 is 2.34 bits per heavy atom. The van der Waals surface area contributed by atoms with E-state index >= 15 is 0 Å². The van der Waals surface area contributed by atoms with Crippen LogP contribution < -0.4 is 5.56 Å². The lowest BCUT2D eigenvalue weighted by atomic mass is 10.1. The fourth-order valence-electron chi connectivity index (χ4n) is 4.09. The van der Waals surface area contributed by atoms with E-state index in [9.17, 15) is 9.59 Å². The molecule has 1 amide bonds. The van der Waals surface area contributed by atoms with Crippen LogP contribution in [0.4, 0.5) is 0 Å². The topological polar surface area (TPSA) is 46.7 Å². The molecule has 0 saturated heterocycles. The average molecular weight is 466 g/mol. The Bertz CT molecular complexity index is 1390. The summed E-state index contributed by atoms with van der Waals surface area (Å²) in [6, 6.07) is 15.7. The second-order valence-electron chi connectivity index (χ2n) is 8.01. The van der Waals surface area contributed by atoms with Gasteiger partial charge in [-0.15, -0.1) is 11.3 Å². The van der Waals surface area contributed by atoms with Crippen LogP contribution in [0.3, 0.4) is 0 Å². The maximum Gasteiger partial charge on any atom is 0.262 e. The molecule has 32 heavy (non-hydrogen) atoms. The van der Waals surface area contributed by atoms with Crippen molar-refractivity contribution in [2.24, 2.45) is 0 Å². The number of nitrogens with zero attached hydrogens (tertiary/aromatic N) is 3. The minimum Gasteiger partial charge on any atom is -0.341 e. The lowest BCUT2D eigenvalue weighted by molar-refractivity contribution is -0.131. The molecule has 5 nitrogen and oxygen atoms in total. The Morgan fingerprint density at radius 2 is 1.69 bits per heavy atom. The zero-order valence-electron chi connectivity index (χ0n) is 18.6. The number of rotatable bonds is 7. The van der Waals surface area contributed by atoms with E-state index in [0.29, 0.717) is 28.1 Å². The highest BCUT2D eigenvalue weighted by Crippen LogP contribution is 2.33. The van der Waals surface area contributed by atoms with E-state index in [0.717, 1.165) is 34.4 Å². The van der Waals surface area contributed by atoms with Gasteiger partial charge in [0.2, 0.25) is 5.91 Å². The summed E-state index contributed by atoms with van der Waals surface area (Å²) in [5, 5.41) is 0.565. The monoisotopic (exact) mass is 465 g/mol. The summed E-state index contributed by atoms with van der Waals surface area (Å²) in [7, 11) is 0. The van der Waals surface area contributed by atoms with Crippen molar-refractivity contribution in [2.75, 3.05) is 13.1 Å². The number of fused-ring (bicyclic) bond motifs is 3. The molecule has 2 aromatic carbocycles. The summed E-state index contributed by atoms with van der Waals surface area (Å²) < 4.78 is 4.22. The molecule has 0 spiro atoms. The fraction of sp³-hybridized carbons (Fsp3) is 0.320. The van der Waals surface area contributed by atoms with Crippen molar-refractivity contribution in [3.63, 3.8) is 0 Å². The average Bonchev–Trinajstić information content (AvgIpc) is 3.14. The molecule has 0 N–H and O–H groups in total. The first-order valence-electron chi connectivity index (χ1n) is 11.0. The van der Waals surface area contributed by atoms with E-state index in [1.807, 2.05) is 58.7 Å². The summed E-state index contributed by atoms with van der Waals surface area (Å²) in [6.45, 7) is 7.53. The highest BCUT2D eigenvalue weighted by molar-refractivity contribution is 7.73. The highest BCUT2D eigenvalue weighted by Gasteiger charge is 2.21. The van der Waals surface area contributed by atoms with Crippen molar-refractivity contribution in [1.29, 1.82) is 0 Å². The van der Waals surface area contributed by atoms with E-state index in [1.165, 1.54) is 11.3 Å². The highest BCUT2D eigenvalue weighted by atomic mass is 32.1. The van der Waals surface area contributed by atoms with Crippen LogP contribution in [0.1, 0.15) is 32.3 Å². The van der Waals surface area contributed by atoms with Gasteiger partial charge in [0.15, 0.2) is 3.95 Å². The van der Waals surface area contributed by atoms with Crippen LogP contribution in [0, 0.1) is 10.9 Å². The van der Waals surface area contributed by atoms with Crippen molar-refractivity contribution in [3.8, 4) is 10.4 Å². The summed E-state index contributed by atoms with van der Waals surface area (Å²) in [5.41, 5.74) is 3.45. The Balaban J connectivity index is 2.00. The molecule has 2 aromatic heterocycles. The number of benzene rings is 2. The van der Waals surface area contributed by atoms with Gasteiger partial charge in [0.1, 0.15) is 12.2 Å². The predicted molar refractivity (Wildman–Crippen MR) is 135 cm³/mol. The van der Waals surface area contributed by atoms with Crippen LogP contribution in [0.2, 0.25) is 0 Å². The van der Waals surface area contributed by atoms with Gasteiger partial charge in [0.25, 0.3) is 5.56 Å². The number of hydrogen-bond donors (Lipinski definition) is 0. The number of carbonyl (C=O) groups excluding carboxylic acids is 1. The first-order chi connectivity index (χ1) is 15.5. The lowest BCUT2D eigenvalue weighted by Gasteiger charge is -2.22. The Kier molecular flexibility index (Phi) is 6.58. The molecule has 0 aliphatic rings. The summed E-state index contributed by atoms with van der Waals surface area (Å²) in [4.78, 5) is 29.6. The quantitative estimate of drug-likeness (QED) is 0.331. The van der Waals surface area contributed by atoms with Crippen molar-refractivity contribution in [3.05, 3.63) is 68.4 Å². The standard InChI is InChI=1S/C25H27N3O2S2/c1-4-14-26(15-5-2)21(29)16-27-23-22(18-12-10-17(3)11-13-18)32-25(31)28(23)20-9-7-6-8-19(20)24(27)30/h6-13H,4-5,14-16H2,1-3H3. The van der Waals surface area contributed by atoms with E-state index in [4.69, 9.17) is 12.2 Å². The molecule has 0 saturated carbocycles. The number of amides is 1. The smallest absolute Gasteiger partial charge is 0.262 e. The van der Waals surface area contributed by atoms with Crippen molar-refractivity contribution >= 4 is 46.0 Å². The molecule has 0 unspecified atom stereocenters. The van der Waals surface area contributed by atoms with Crippen LogP contribution in [-0.2, 0) is 11.3 Å². The predicted octanol–water partition coefficient (Wildman–Crippen LogP) is 5.67. The van der Waals surface area contributed by atoms with Crippen LogP contribution in [0.15, 0.2) is 53.3 Å². The third-order valence-electron chi connectivity index (χ3n) is 5.61. The first kappa shape index (κ1) is 22.4. The van der Waals surface area contributed by atoms with Gasteiger partial charge in [-0.1, -0.05) is 55.8 Å². The van der Waals surface area contributed by atoms with Gasteiger partial charge in [-0.05, 0) is 49.7 Å². The van der Waals surface area contributed by atoms with E-state index in [1.54, 1.807) is 10.6 Å².